The Hall–Kier alpha value is -1.60. The molecule has 1 aromatic heterocycles. The Bertz CT molecular complexity index is 762. The average molecular weight is 380 g/mol. The van der Waals surface area contributed by atoms with Crippen molar-refractivity contribution in [3.8, 4) is 0 Å². The monoisotopic (exact) mass is 380 g/mol. The van der Waals surface area contributed by atoms with Gasteiger partial charge in [0.2, 0.25) is 0 Å². The second-order valence-corrected chi connectivity index (χ2v) is 8.17. The van der Waals surface area contributed by atoms with Crippen molar-refractivity contribution >= 4 is 11.8 Å². The molecule has 0 radical (unpaired) electrons. The number of hydrogen-bond acceptors (Lipinski definition) is 4. The van der Waals surface area contributed by atoms with Crippen LogP contribution in [0, 0.1) is 0 Å². The van der Waals surface area contributed by atoms with Crippen molar-refractivity contribution in [2.24, 2.45) is 0 Å². The molecule has 26 heavy (non-hydrogen) atoms. The summed E-state index contributed by atoms with van der Waals surface area (Å²) in [5, 5.41) is 0.209. The number of hydrogen-bond donors (Lipinski definition) is 0. The smallest absolute Gasteiger partial charge is 0.373 e. The molecule has 0 spiro atoms. The van der Waals surface area contributed by atoms with Gasteiger partial charge in [0.25, 0.3) is 0 Å². The normalized spacial score (nSPS) is 23.8. The van der Waals surface area contributed by atoms with Gasteiger partial charge in [-0.25, -0.2) is 9.97 Å². The lowest BCUT2D eigenvalue weighted by atomic mass is 10.0. The van der Waals surface area contributed by atoms with Crippen LogP contribution < -0.4 is 0 Å². The third-order valence-corrected chi connectivity index (χ3v) is 5.99. The maximum absolute atomic E-state index is 12.9. The number of ether oxygens (including phenoxy) is 1. The highest BCUT2D eigenvalue weighted by Crippen LogP contribution is 2.40. The minimum absolute atomic E-state index is 0.0969. The summed E-state index contributed by atoms with van der Waals surface area (Å²) in [6.07, 6.45) is 3.15. The lowest BCUT2D eigenvalue weighted by Crippen LogP contribution is -2.22. The molecule has 1 saturated heterocycles. The van der Waals surface area contributed by atoms with E-state index in [1.54, 1.807) is 6.07 Å². The third kappa shape index (κ3) is 4.20. The quantitative estimate of drug-likeness (QED) is 0.713. The van der Waals surface area contributed by atoms with Crippen LogP contribution in [0.25, 0.3) is 0 Å². The Balaban J connectivity index is 1.42. The van der Waals surface area contributed by atoms with E-state index in [0.29, 0.717) is 17.4 Å². The Kier molecular flexibility index (Phi) is 4.92. The van der Waals surface area contributed by atoms with Crippen LogP contribution in [0.4, 0.5) is 13.2 Å². The van der Waals surface area contributed by atoms with Crippen molar-refractivity contribution in [3.05, 3.63) is 53.6 Å². The van der Waals surface area contributed by atoms with E-state index >= 15 is 0 Å². The van der Waals surface area contributed by atoms with E-state index in [-0.39, 0.29) is 11.4 Å². The fourth-order valence-corrected chi connectivity index (χ4v) is 4.33. The van der Waals surface area contributed by atoms with E-state index in [0.717, 1.165) is 43.1 Å². The molecular formula is C19H19F3N2OS. The number of nitrogens with zero attached hydrogens (tertiary/aromatic N) is 2. The van der Waals surface area contributed by atoms with Gasteiger partial charge < -0.3 is 4.74 Å². The SMILES string of the molecule is FC(F)(F)c1cccc(SC2CCOC(c3cnc(C4CC4)nc3)C2)c1. The summed E-state index contributed by atoms with van der Waals surface area (Å²) in [7, 11) is 0. The Morgan fingerprint density at radius 2 is 1.85 bits per heavy atom. The molecule has 2 unspecified atom stereocenters. The molecule has 1 saturated carbocycles. The van der Waals surface area contributed by atoms with Crippen molar-refractivity contribution in [1.29, 1.82) is 0 Å². The lowest BCUT2D eigenvalue weighted by molar-refractivity contribution is -0.137. The zero-order valence-electron chi connectivity index (χ0n) is 14.1. The van der Waals surface area contributed by atoms with Crippen molar-refractivity contribution in [3.63, 3.8) is 0 Å². The molecule has 4 rings (SSSR count). The van der Waals surface area contributed by atoms with E-state index in [2.05, 4.69) is 9.97 Å². The third-order valence-electron chi connectivity index (χ3n) is 4.71. The van der Waals surface area contributed by atoms with Gasteiger partial charge in [-0.2, -0.15) is 13.2 Å². The van der Waals surface area contributed by atoms with Crippen LogP contribution in [-0.4, -0.2) is 21.8 Å². The summed E-state index contributed by atoms with van der Waals surface area (Å²) in [5.41, 5.74) is 0.346. The topological polar surface area (TPSA) is 35.0 Å². The van der Waals surface area contributed by atoms with E-state index in [1.165, 1.54) is 23.9 Å². The maximum atomic E-state index is 12.9. The van der Waals surface area contributed by atoms with Crippen molar-refractivity contribution in [2.45, 2.75) is 54.0 Å². The fraction of sp³-hybridized carbons (Fsp3) is 0.474. The molecular weight excluding hydrogens is 361 g/mol. The highest BCUT2D eigenvalue weighted by Gasteiger charge is 2.31. The highest BCUT2D eigenvalue weighted by atomic mass is 32.2. The first-order valence-electron chi connectivity index (χ1n) is 8.76. The molecule has 2 atom stereocenters. The Morgan fingerprint density at radius 1 is 1.08 bits per heavy atom. The van der Waals surface area contributed by atoms with Gasteiger partial charge in [-0.1, -0.05) is 6.07 Å². The second kappa shape index (κ2) is 7.19. The summed E-state index contributed by atoms with van der Waals surface area (Å²) in [5.74, 6) is 1.42. The number of halogens is 3. The summed E-state index contributed by atoms with van der Waals surface area (Å²) in [6.45, 7) is 0.589. The van der Waals surface area contributed by atoms with Gasteiger partial charge in [0, 0.05) is 40.6 Å². The molecule has 2 fully saturated rings. The minimum Gasteiger partial charge on any atom is -0.373 e. The average Bonchev–Trinajstić information content (AvgIpc) is 3.47. The van der Waals surface area contributed by atoms with E-state index in [9.17, 15) is 13.2 Å². The predicted octanol–water partition coefficient (Wildman–Crippen LogP) is 5.39. The van der Waals surface area contributed by atoms with Crippen LogP contribution in [0.1, 0.15) is 54.7 Å². The summed E-state index contributed by atoms with van der Waals surface area (Å²) in [6, 6.07) is 5.53. The van der Waals surface area contributed by atoms with Crippen LogP contribution in [0.2, 0.25) is 0 Å². The molecule has 1 aliphatic carbocycles. The van der Waals surface area contributed by atoms with Crippen LogP contribution in [0.3, 0.4) is 0 Å². The maximum Gasteiger partial charge on any atom is 0.416 e. The van der Waals surface area contributed by atoms with E-state index < -0.39 is 11.7 Å². The van der Waals surface area contributed by atoms with Gasteiger partial charge in [-0.15, -0.1) is 11.8 Å². The molecule has 0 amide bonds. The van der Waals surface area contributed by atoms with E-state index in [4.69, 9.17) is 4.74 Å². The fourth-order valence-electron chi connectivity index (χ4n) is 3.11. The van der Waals surface area contributed by atoms with Crippen LogP contribution in [0.15, 0.2) is 41.6 Å². The van der Waals surface area contributed by atoms with Gasteiger partial charge in [-0.05, 0) is 43.9 Å². The van der Waals surface area contributed by atoms with Crippen LogP contribution in [-0.2, 0) is 10.9 Å². The zero-order chi connectivity index (χ0) is 18.1. The van der Waals surface area contributed by atoms with Gasteiger partial charge >= 0.3 is 6.18 Å². The lowest BCUT2D eigenvalue weighted by Gasteiger charge is -2.29. The summed E-state index contributed by atoms with van der Waals surface area (Å²) >= 11 is 1.49. The molecule has 1 aliphatic heterocycles. The van der Waals surface area contributed by atoms with Crippen LogP contribution in [0.5, 0.6) is 0 Å². The number of benzene rings is 1. The van der Waals surface area contributed by atoms with Gasteiger partial charge in [0.05, 0.1) is 11.7 Å². The number of thioether (sulfide) groups is 1. The first kappa shape index (κ1) is 17.8. The number of rotatable bonds is 4. The predicted molar refractivity (Wildman–Crippen MR) is 93.0 cm³/mol. The summed E-state index contributed by atoms with van der Waals surface area (Å²) < 4.78 is 44.5. The number of aromatic nitrogens is 2. The molecule has 7 heteroatoms. The largest absolute Gasteiger partial charge is 0.416 e. The van der Waals surface area contributed by atoms with Gasteiger partial charge in [0.15, 0.2) is 0 Å². The molecule has 3 nitrogen and oxygen atoms in total. The Labute approximate surface area is 154 Å². The van der Waals surface area contributed by atoms with Crippen molar-refractivity contribution < 1.29 is 17.9 Å². The highest BCUT2D eigenvalue weighted by molar-refractivity contribution is 8.00. The standard InChI is InChI=1S/C19H19F3N2OS/c20-19(21,22)14-2-1-3-15(8-14)26-16-6-7-25-17(9-16)13-10-23-18(24-11-13)12-4-5-12/h1-3,8,10-12,16-17H,4-7,9H2. The Morgan fingerprint density at radius 3 is 2.54 bits per heavy atom. The molecule has 1 aromatic carbocycles. The van der Waals surface area contributed by atoms with E-state index in [1.807, 2.05) is 12.4 Å². The molecule has 2 heterocycles. The molecule has 0 bridgehead atoms. The first-order valence-corrected chi connectivity index (χ1v) is 9.64. The minimum atomic E-state index is -4.31. The first-order chi connectivity index (χ1) is 12.5. The second-order valence-electron chi connectivity index (χ2n) is 6.80. The molecule has 0 N–H and O–H groups in total. The van der Waals surface area contributed by atoms with Crippen molar-refractivity contribution in [1.82, 2.24) is 9.97 Å². The van der Waals surface area contributed by atoms with Gasteiger partial charge in [0.1, 0.15) is 5.82 Å². The van der Waals surface area contributed by atoms with Gasteiger partial charge in [-0.3, -0.25) is 0 Å². The molecule has 2 aromatic rings. The summed E-state index contributed by atoms with van der Waals surface area (Å²) in [4.78, 5) is 9.53. The number of alkyl halides is 3. The van der Waals surface area contributed by atoms with Crippen LogP contribution >= 0.6 is 11.8 Å². The van der Waals surface area contributed by atoms with Crippen molar-refractivity contribution in [2.75, 3.05) is 6.61 Å². The zero-order valence-corrected chi connectivity index (χ0v) is 14.9. The molecule has 138 valence electrons. The molecule has 2 aliphatic rings.